The highest BCUT2D eigenvalue weighted by Gasteiger charge is 2.32. The smallest absolute Gasteiger partial charge is 0.274 e. The maximum absolute atomic E-state index is 13.1. The molecular weight excluding hydrogens is 330 g/mol. The van der Waals surface area contributed by atoms with Crippen LogP contribution in [0.3, 0.4) is 0 Å². The zero-order valence-electron chi connectivity index (χ0n) is 15.5. The van der Waals surface area contributed by atoms with Crippen molar-refractivity contribution in [1.82, 2.24) is 15.1 Å². The standard InChI is InChI=1S/C20H25N3O3/c1-4-25-16-6-5-15-11-23(8-7-14(15)10-16)20(24)19-17-9-12(2)26-13(3)18(17)21-22-19/h5-6,10,12-13H,4,7-9,11H2,1-3H3,(H,21,22)/t12-,13+/m0/s1. The Morgan fingerprint density at radius 3 is 3.04 bits per heavy atom. The van der Waals surface area contributed by atoms with Crippen molar-refractivity contribution in [3.63, 3.8) is 0 Å². The Hall–Kier alpha value is -2.34. The van der Waals surface area contributed by atoms with Gasteiger partial charge >= 0.3 is 0 Å². The summed E-state index contributed by atoms with van der Waals surface area (Å²) in [6, 6.07) is 6.14. The monoisotopic (exact) mass is 355 g/mol. The van der Waals surface area contributed by atoms with Gasteiger partial charge in [0.2, 0.25) is 0 Å². The maximum Gasteiger partial charge on any atom is 0.274 e. The van der Waals surface area contributed by atoms with Gasteiger partial charge in [0.1, 0.15) is 5.75 Å². The van der Waals surface area contributed by atoms with Gasteiger partial charge in [-0.05, 0) is 50.5 Å². The summed E-state index contributed by atoms with van der Waals surface area (Å²) in [4.78, 5) is 15.0. The predicted octanol–water partition coefficient (Wildman–Crippen LogP) is 3.03. The largest absolute Gasteiger partial charge is 0.494 e. The number of hydrogen-bond donors (Lipinski definition) is 1. The quantitative estimate of drug-likeness (QED) is 0.919. The molecule has 2 atom stereocenters. The highest BCUT2D eigenvalue weighted by Crippen LogP contribution is 2.31. The first-order chi connectivity index (χ1) is 12.6. The highest BCUT2D eigenvalue weighted by atomic mass is 16.5. The van der Waals surface area contributed by atoms with Crippen molar-refractivity contribution >= 4 is 5.91 Å². The Kier molecular flexibility index (Phi) is 4.44. The van der Waals surface area contributed by atoms with E-state index >= 15 is 0 Å². The van der Waals surface area contributed by atoms with Crippen LogP contribution in [0, 0.1) is 0 Å². The Morgan fingerprint density at radius 1 is 1.38 bits per heavy atom. The minimum absolute atomic E-state index is 0.00309. The summed E-state index contributed by atoms with van der Waals surface area (Å²) in [5.41, 5.74) is 4.95. The zero-order chi connectivity index (χ0) is 18.3. The number of benzene rings is 1. The molecule has 1 aromatic heterocycles. The summed E-state index contributed by atoms with van der Waals surface area (Å²) >= 11 is 0. The second-order valence-electron chi connectivity index (χ2n) is 7.10. The molecule has 0 fully saturated rings. The van der Waals surface area contributed by atoms with Gasteiger partial charge in [0, 0.05) is 25.1 Å². The van der Waals surface area contributed by atoms with Gasteiger partial charge in [0.05, 0.1) is 24.5 Å². The number of carbonyl (C=O) groups excluding carboxylic acids is 1. The number of nitrogens with one attached hydrogen (secondary N) is 1. The normalized spacial score (nSPS) is 21.9. The first kappa shape index (κ1) is 17.1. The minimum Gasteiger partial charge on any atom is -0.494 e. The molecule has 1 N–H and O–H groups in total. The molecule has 3 heterocycles. The van der Waals surface area contributed by atoms with Crippen LogP contribution in [0.1, 0.15) is 59.7 Å². The topological polar surface area (TPSA) is 67.5 Å². The third-order valence-corrected chi connectivity index (χ3v) is 5.22. The van der Waals surface area contributed by atoms with E-state index in [0.29, 0.717) is 25.4 Å². The molecule has 0 bridgehead atoms. The van der Waals surface area contributed by atoms with Crippen LogP contribution in [-0.2, 0) is 24.1 Å². The number of nitrogens with zero attached hydrogens (tertiary/aromatic N) is 2. The third-order valence-electron chi connectivity index (χ3n) is 5.22. The second kappa shape index (κ2) is 6.76. The lowest BCUT2D eigenvalue weighted by atomic mass is 9.97. The summed E-state index contributed by atoms with van der Waals surface area (Å²) in [5, 5.41) is 7.35. The molecule has 4 rings (SSSR count). The SMILES string of the molecule is CCOc1ccc2c(c1)CCN(C(=O)c1n[nH]c3c1C[C@H](C)O[C@@H]3C)C2. The lowest BCUT2D eigenvalue weighted by Crippen LogP contribution is -2.37. The van der Waals surface area contributed by atoms with Crippen molar-refractivity contribution in [3.8, 4) is 5.75 Å². The molecule has 0 saturated carbocycles. The molecule has 6 heteroatoms. The van der Waals surface area contributed by atoms with Crippen molar-refractivity contribution in [2.75, 3.05) is 13.2 Å². The number of hydrogen-bond acceptors (Lipinski definition) is 4. The molecule has 26 heavy (non-hydrogen) atoms. The number of ether oxygens (including phenoxy) is 2. The van der Waals surface area contributed by atoms with E-state index in [9.17, 15) is 4.79 Å². The average molecular weight is 355 g/mol. The zero-order valence-corrected chi connectivity index (χ0v) is 15.5. The van der Waals surface area contributed by atoms with Crippen molar-refractivity contribution in [2.24, 2.45) is 0 Å². The fraction of sp³-hybridized carbons (Fsp3) is 0.500. The first-order valence-electron chi connectivity index (χ1n) is 9.33. The van der Waals surface area contributed by atoms with Gasteiger partial charge in [-0.15, -0.1) is 0 Å². The molecule has 0 aliphatic carbocycles. The van der Waals surface area contributed by atoms with E-state index in [1.54, 1.807) is 0 Å². The van der Waals surface area contributed by atoms with Crippen LogP contribution in [0.25, 0.3) is 0 Å². The fourth-order valence-corrected chi connectivity index (χ4v) is 3.96. The number of rotatable bonds is 3. The molecule has 0 radical (unpaired) electrons. The molecular formula is C20H25N3O3. The Morgan fingerprint density at radius 2 is 2.23 bits per heavy atom. The number of H-pyrrole nitrogens is 1. The third kappa shape index (κ3) is 2.98. The first-order valence-corrected chi connectivity index (χ1v) is 9.33. The van der Waals surface area contributed by atoms with Gasteiger partial charge in [-0.25, -0.2) is 0 Å². The minimum atomic E-state index is -0.0538. The molecule has 1 aromatic carbocycles. The molecule has 2 aliphatic heterocycles. The van der Waals surface area contributed by atoms with Crippen LogP contribution in [0.4, 0.5) is 0 Å². The summed E-state index contributed by atoms with van der Waals surface area (Å²) < 4.78 is 11.4. The van der Waals surface area contributed by atoms with Crippen molar-refractivity contribution < 1.29 is 14.3 Å². The number of aromatic nitrogens is 2. The van der Waals surface area contributed by atoms with Crippen molar-refractivity contribution in [3.05, 3.63) is 46.3 Å². The van der Waals surface area contributed by atoms with Gasteiger partial charge < -0.3 is 14.4 Å². The molecule has 2 aliphatic rings. The van der Waals surface area contributed by atoms with E-state index in [4.69, 9.17) is 9.47 Å². The second-order valence-corrected chi connectivity index (χ2v) is 7.10. The molecule has 6 nitrogen and oxygen atoms in total. The predicted molar refractivity (Wildman–Crippen MR) is 97.3 cm³/mol. The number of carbonyl (C=O) groups is 1. The Balaban J connectivity index is 1.55. The van der Waals surface area contributed by atoms with Crippen LogP contribution >= 0.6 is 0 Å². The summed E-state index contributed by atoms with van der Waals surface area (Å²) in [6.45, 7) is 7.99. The summed E-state index contributed by atoms with van der Waals surface area (Å²) in [6.07, 6.45) is 1.60. The number of aromatic amines is 1. The van der Waals surface area contributed by atoms with Gasteiger partial charge in [0.25, 0.3) is 5.91 Å². The molecule has 138 valence electrons. The van der Waals surface area contributed by atoms with Crippen LogP contribution < -0.4 is 4.74 Å². The maximum atomic E-state index is 13.1. The molecule has 2 aromatic rings. The van der Waals surface area contributed by atoms with Crippen LogP contribution in [0.2, 0.25) is 0 Å². The van der Waals surface area contributed by atoms with Gasteiger partial charge in [-0.3, -0.25) is 9.89 Å². The van der Waals surface area contributed by atoms with Gasteiger partial charge in [-0.2, -0.15) is 5.10 Å². The fourth-order valence-electron chi connectivity index (χ4n) is 3.96. The van der Waals surface area contributed by atoms with E-state index < -0.39 is 0 Å². The molecule has 0 spiro atoms. The van der Waals surface area contributed by atoms with Crippen molar-refractivity contribution in [2.45, 2.75) is 52.4 Å². The Bertz CT molecular complexity index is 830. The van der Waals surface area contributed by atoms with Crippen LogP contribution in [0.15, 0.2) is 18.2 Å². The molecule has 0 saturated heterocycles. The molecule has 0 unspecified atom stereocenters. The highest BCUT2D eigenvalue weighted by molar-refractivity contribution is 5.94. The van der Waals surface area contributed by atoms with Gasteiger partial charge in [-0.1, -0.05) is 6.07 Å². The van der Waals surface area contributed by atoms with E-state index in [1.165, 1.54) is 11.1 Å². The van der Waals surface area contributed by atoms with Gasteiger partial charge in [0.15, 0.2) is 5.69 Å². The van der Waals surface area contributed by atoms with E-state index in [-0.39, 0.29) is 18.1 Å². The van der Waals surface area contributed by atoms with Crippen LogP contribution in [0.5, 0.6) is 5.75 Å². The number of amides is 1. The van der Waals surface area contributed by atoms with Crippen LogP contribution in [-0.4, -0.2) is 40.3 Å². The number of fused-ring (bicyclic) bond motifs is 2. The van der Waals surface area contributed by atoms with E-state index in [1.807, 2.05) is 31.7 Å². The van der Waals surface area contributed by atoms with E-state index in [2.05, 4.69) is 22.3 Å². The van der Waals surface area contributed by atoms with E-state index in [0.717, 1.165) is 29.8 Å². The van der Waals surface area contributed by atoms with Crippen molar-refractivity contribution in [1.29, 1.82) is 0 Å². The summed E-state index contributed by atoms with van der Waals surface area (Å²) in [5.74, 6) is 0.902. The lowest BCUT2D eigenvalue weighted by Gasteiger charge is -2.30. The average Bonchev–Trinajstić information content (AvgIpc) is 3.05. The molecule has 1 amide bonds. The Labute approximate surface area is 153 Å². The lowest BCUT2D eigenvalue weighted by molar-refractivity contribution is -0.00702. The summed E-state index contributed by atoms with van der Waals surface area (Å²) in [7, 11) is 0.